The zero-order chi connectivity index (χ0) is 23.5. The maximum absolute atomic E-state index is 13.3. The Morgan fingerprint density at radius 2 is 1.69 bits per heavy atom. The zero-order valence-electron chi connectivity index (χ0n) is 18.2. The van der Waals surface area contributed by atoms with Gasteiger partial charge in [-0.2, -0.15) is 0 Å². The lowest BCUT2D eigenvalue weighted by Crippen LogP contribution is -2.50. The largest absolute Gasteiger partial charge is 0.497 e. The number of carbonyl (C=O) groups is 3. The van der Waals surface area contributed by atoms with E-state index < -0.39 is 23.8 Å². The zero-order valence-corrected chi connectivity index (χ0v) is 19.0. The van der Waals surface area contributed by atoms with Crippen molar-refractivity contribution in [3.05, 3.63) is 65.7 Å². The summed E-state index contributed by atoms with van der Waals surface area (Å²) >= 11 is 5.80. The van der Waals surface area contributed by atoms with Gasteiger partial charge in [0.25, 0.3) is 0 Å². The number of amides is 1. The number of halogens is 1. The summed E-state index contributed by atoms with van der Waals surface area (Å²) in [5.74, 6) is -2.42. The van der Waals surface area contributed by atoms with E-state index >= 15 is 0 Å². The lowest BCUT2D eigenvalue weighted by atomic mass is 9.98. The minimum Gasteiger partial charge on any atom is -0.497 e. The second-order valence-corrected chi connectivity index (χ2v) is 7.69. The highest BCUT2D eigenvalue weighted by Gasteiger charge is 2.35. The van der Waals surface area contributed by atoms with Gasteiger partial charge in [-0.3, -0.25) is 9.59 Å². The Bertz CT molecular complexity index is 887. The van der Waals surface area contributed by atoms with Crippen LogP contribution in [-0.2, 0) is 32.3 Å². The fourth-order valence-electron chi connectivity index (χ4n) is 3.24. The normalized spacial score (nSPS) is 12.6. The molecule has 2 atom stereocenters. The van der Waals surface area contributed by atoms with Crippen LogP contribution in [0.15, 0.2) is 54.6 Å². The van der Waals surface area contributed by atoms with Crippen LogP contribution in [0.2, 0.25) is 0 Å². The fraction of sp³-hybridized carbons (Fsp3) is 0.375. The monoisotopic (exact) mass is 461 g/mol. The number of aliphatic carboxylic acids is 1. The van der Waals surface area contributed by atoms with Gasteiger partial charge in [-0.1, -0.05) is 42.5 Å². The second kappa shape index (κ2) is 12.8. The van der Waals surface area contributed by atoms with Gasteiger partial charge in [-0.15, -0.1) is 11.6 Å². The standard InChI is InChI=1S/C24H28ClNO6/c1-17(27)21(12-13-25)23(28)26(14-18-8-10-20(31-2)11-9-18)22(24(29)30)16-32-15-19-6-4-3-5-7-19/h3-11,21-22H,12-16H2,1-2H3,(H,29,30)/t21-,22?/m1/s1. The molecule has 0 spiro atoms. The van der Waals surface area contributed by atoms with Crippen molar-refractivity contribution in [2.24, 2.45) is 5.92 Å². The van der Waals surface area contributed by atoms with E-state index in [9.17, 15) is 19.5 Å². The van der Waals surface area contributed by atoms with Crippen molar-refractivity contribution in [3.8, 4) is 5.75 Å². The van der Waals surface area contributed by atoms with Crippen LogP contribution in [0.4, 0.5) is 0 Å². The third kappa shape index (κ3) is 7.35. The first-order chi connectivity index (χ1) is 15.4. The van der Waals surface area contributed by atoms with E-state index in [1.54, 1.807) is 31.4 Å². The molecule has 0 saturated heterocycles. The van der Waals surface area contributed by atoms with Gasteiger partial charge < -0.3 is 19.5 Å². The van der Waals surface area contributed by atoms with Gasteiger partial charge in [0, 0.05) is 12.4 Å². The molecule has 0 bridgehead atoms. The molecule has 2 rings (SSSR count). The number of Topliss-reactive ketones (excluding diaryl/α,β-unsaturated/α-hetero) is 1. The summed E-state index contributed by atoms with van der Waals surface area (Å²) in [5, 5.41) is 9.90. The first-order valence-corrected chi connectivity index (χ1v) is 10.7. The number of alkyl halides is 1. The summed E-state index contributed by atoms with van der Waals surface area (Å²) in [6, 6.07) is 15.0. The van der Waals surface area contributed by atoms with E-state index in [1.165, 1.54) is 11.8 Å². The van der Waals surface area contributed by atoms with Gasteiger partial charge in [-0.05, 0) is 36.6 Å². The molecule has 1 unspecified atom stereocenters. The van der Waals surface area contributed by atoms with Crippen LogP contribution >= 0.6 is 11.6 Å². The first-order valence-electron chi connectivity index (χ1n) is 10.2. The van der Waals surface area contributed by atoms with Crippen molar-refractivity contribution in [2.45, 2.75) is 32.5 Å². The van der Waals surface area contributed by atoms with Crippen LogP contribution in [0.3, 0.4) is 0 Å². The van der Waals surface area contributed by atoms with Gasteiger partial charge in [-0.25, -0.2) is 4.79 Å². The molecule has 32 heavy (non-hydrogen) atoms. The molecule has 0 radical (unpaired) electrons. The number of nitrogens with zero attached hydrogens (tertiary/aromatic N) is 1. The van der Waals surface area contributed by atoms with E-state index in [0.29, 0.717) is 11.3 Å². The van der Waals surface area contributed by atoms with Crippen molar-refractivity contribution >= 4 is 29.3 Å². The third-order valence-electron chi connectivity index (χ3n) is 5.03. The molecular formula is C24H28ClNO6. The molecule has 172 valence electrons. The Kier molecular flexibility index (Phi) is 10.2. The summed E-state index contributed by atoms with van der Waals surface area (Å²) in [4.78, 5) is 38.7. The van der Waals surface area contributed by atoms with E-state index in [1.807, 2.05) is 30.3 Å². The van der Waals surface area contributed by atoms with E-state index in [0.717, 1.165) is 5.56 Å². The van der Waals surface area contributed by atoms with Gasteiger partial charge >= 0.3 is 5.97 Å². The van der Waals surface area contributed by atoms with Crippen LogP contribution in [-0.4, -0.2) is 53.3 Å². The molecule has 7 nitrogen and oxygen atoms in total. The predicted octanol–water partition coefficient (Wildman–Crippen LogP) is 3.53. The van der Waals surface area contributed by atoms with Gasteiger partial charge in [0.1, 0.15) is 11.5 Å². The minimum atomic E-state index is -1.27. The Labute approximate surface area is 192 Å². The second-order valence-electron chi connectivity index (χ2n) is 7.31. The molecule has 2 aromatic rings. The number of hydrogen-bond acceptors (Lipinski definition) is 5. The highest BCUT2D eigenvalue weighted by atomic mass is 35.5. The average Bonchev–Trinajstić information content (AvgIpc) is 2.79. The number of carbonyl (C=O) groups excluding carboxylic acids is 2. The van der Waals surface area contributed by atoms with Crippen molar-refractivity contribution < 1.29 is 29.0 Å². The molecule has 0 aromatic heterocycles. The lowest BCUT2D eigenvalue weighted by molar-refractivity contribution is -0.157. The molecule has 2 aromatic carbocycles. The highest BCUT2D eigenvalue weighted by molar-refractivity contribution is 6.18. The first kappa shape index (κ1) is 25.4. The molecule has 0 fully saturated rings. The number of methoxy groups -OCH3 is 1. The molecule has 0 aliphatic heterocycles. The van der Waals surface area contributed by atoms with Crippen molar-refractivity contribution in [2.75, 3.05) is 19.6 Å². The summed E-state index contributed by atoms with van der Waals surface area (Å²) in [6.07, 6.45) is 0.131. The van der Waals surface area contributed by atoms with Crippen LogP contribution in [0, 0.1) is 5.92 Å². The predicted molar refractivity (Wildman–Crippen MR) is 121 cm³/mol. The van der Waals surface area contributed by atoms with E-state index in [-0.39, 0.29) is 37.8 Å². The van der Waals surface area contributed by atoms with Crippen LogP contribution in [0.5, 0.6) is 5.75 Å². The summed E-state index contributed by atoms with van der Waals surface area (Å²) in [7, 11) is 1.54. The maximum atomic E-state index is 13.3. The summed E-state index contributed by atoms with van der Waals surface area (Å²) < 4.78 is 10.8. The highest BCUT2D eigenvalue weighted by Crippen LogP contribution is 2.20. The number of rotatable bonds is 13. The number of carboxylic acid groups (broad SMARTS) is 1. The SMILES string of the molecule is COc1ccc(CN(C(=O)[C@H](CCCl)C(C)=O)C(COCc2ccccc2)C(=O)O)cc1. The quantitative estimate of drug-likeness (QED) is 0.362. The number of benzene rings is 2. The van der Waals surface area contributed by atoms with Crippen LogP contribution in [0.1, 0.15) is 24.5 Å². The fourth-order valence-corrected chi connectivity index (χ4v) is 3.45. The van der Waals surface area contributed by atoms with Crippen molar-refractivity contribution in [1.82, 2.24) is 4.90 Å². The Morgan fingerprint density at radius 1 is 1.03 bits per heavy atom. The van der Waals surface area contributed by atoms with Crippen molar-refractivity contribution in [3.63, 3.8) is 0 Å². The van der Waals surface area contributed by atoms with Gasteiger partial charge in [0.15, 0.2) is 6.04 Å². The van der Waals surface area contributed by atoms with Crippen molar-refractivity contribution in [1.29, 1.82) is 0 Å². The number of ketones is 1. The van der Waals surface area contributed by atoms with E-state index in [4.69, 9.17) is 21.1 Å². The average molecular weight is 462 g/mol. The molecule has 8 heteroatoms. The molecule has 0 aliphatic rings. The number of carboxylic acids is 1. The molecule has 0 saturated carbocycles. The van der Waals surface area contributed by atoms with Gasteiger partial charge in [0.2, 0.25) is 5.91 Å². The van der Waals surface area contributed by atoms with E-state index in [2.05, 4.69) is 0 Å². The summed E-state index contributed by atoms with van der Waals surface area (Å²) in [5.41, 5.74) is 1.58. The van der Waals surface area contributed by atoms with Crippen LogP contribution in [0.25, 0.3) is 0 Å². The Morgan fingerprint density at radius 3 is 2.22 bits per heavy atom. The molecule has 1 N–H and O–H groups in total. The third-order valence-corrected chi connectivity index (χ3v) is 5.25. The minimum absolute atomic E-state index is 0.000553. The molecular weight excluding hydrogens is 434 g/mol. The molecule has 1 amide bonds. The molecule has 0 heterocycles. The lowest BCUT2D eigenvalue weighted by Gasteiger charge is -2.31. The number of hydrogen-bond donors (Lipinski definition) is 1. The van der Waals surface area contributed by atoms with Crippen LogP contribution < -0.4 is 4.74 Å². The Hall–Kier alpha value is -2.90. The molecule has 0 aliphatic carbocycles. The summed E-state index contributed by atoms with van der Waals surface area (Å²) in [6.45, 7) is 1.29. The topological polar surface area (TPSA) is 93.1 Å². The maximum Gasteiger partial charge on any atom is 0.328 e. The van der Waals surface area contributed by atoms with Gasteiger partial charge in [0.05, 0.1) is 26.2 Å². The smallest absolute Gasteiger partial charge is 0.328 e. The number of ether oxygens (including phenoxy) is 2. The Balaban J connectivity index is 2.27.